The zero-order valence-electron chi connectivity index (χ0n) is 8.03. The molecule has 1 aliphatic heterocycles. The van der Waals surface area contributed by atoms with Gasteiger partial charge in [-0.05, 0) is 14.1 Å². The van der Waals surface area contributed by atoms with Crippen LogP contribution in [0.2, 0.25) is 0 Å². The van der Waals surface area contributed by atoms with Crippen molar-refractivity contribution in [1.29, 1.82) is 0 Å². The summed E-state index contributed by atoms with van der Waals surface area (Å²) in [5, 5.41) is 4.45. The third-order valence-electron chi connectivity index (χ3n) is 1.90. The van der Waals surface area contributed by atoms with Crippen LogP contribution in [-0.2, 0) is 9.84 Å². The van der Waals surface area contributed by atoms with Gasteiger partial charge < -0.3 is 10.2 Å². The fourth-order valence-electron chi connectivity index (χ4n) is 1.18. The van der Waals surface area contributed by atoms with Crippen LogP contribution in [0.3, 0.4) is 0 Å². The number of hydrogen-bond donors (Lipinski definition) is 1. The Morgan fingerprint density at radius 2 is 2.23 bits per heavy atom. The molecule has 76 valence electrons. The Hall–Kier alpha value is -0.390. The minimum atomic E-state index is -2.90. The van der Waals surface area contributed by atoms with Crippen molar-refractivity contribution in [2.45, 2.75) is 6.04 Å². The second-order valence-corrected chi connectivity index (χ2v) is 5.45. The highest BCUT2D eigenvalue weighted by atomic mass is 32.2. The lowest BCUT2D eigenvalue weighted by molar-refractivity contribution is 0.396. The molecule has 1 N–H and O–H groups in total. The van der Waals surface area contributed by atoms with Gasteiger partial charge in [0.25, 0.3) is 0 Å². The van der Waals surface area contributed by atoms with Crippen molar-refractivity contribution in [3.05, 3.63) is 11.5 Å². The van der Waals surface area contributed by atoms with Crippen LogP contribution in [0.4, 0.5) is 0 Å². The summed E-state index contributed by atoms with van der Waals surface area (Å²) in [6.07, 6.45) is 1.71. The summed E-state index contributed by atoms with van der Waals surface area (Å²) in [6.45, 7) is 1.74. The van der Waals surface area contributed by atoms with Crippen molar-refractivity contribution < 1.29 is 8.42 Å². The fraction of sp³-hybridized carbons (Fsp3) is 0.750. The molecule has 0 radical (unpaired) electrons. The van der Waals surface area contributed by atoms with Gasteiger partial charge in [-0.25, -0.2) is 8.42 Å². The summed E-state index contributed by atoms with van der Waals surface area (Å²) in [4.78, 5) is 2.06. The molecule has 0 bridgehead atoms. The van der Waals surface area contributed by atoms with Crippen LogP contribution in [-0.4, -0.2) is 52.3 Å². The Labute approximate surface area is 79.5 Å². The predicted molar refractivity (Wildman–Crippen MR) is 53.3 cm³/mol. The van der Waals surface area contributed by atoms with E-state index in [-0.39, 0.29) is 11.8 Å². The number of sulfone groups is 1. The van der Waals surface area contributed by atoms with Gasteiger partial charge in [0, 0.05) is 24.5 Å². The van der Waals surface area contributed by atoms with Crippen LogP contribution in [0, 0.1) is 0 Å². The van der Waals surface area contributed by atoms with Gasteiger partial charge in [-0.15, -0.1) is 0 Å². The van der Waals surface area contributed by atoms with Crippen molar-refractivity contribution in [3.8, 4) is 0 Å². The molecule has 1 heterocycles. The van der Waals surface area contributed by atoms with Crippen molar-refractivity contribution in [3.63, 3.8) is 0 Å². The molecule has 1 rings (SSSR count). The van der Waals surface area contributed by atoms with Gasteiger partial charge in [0.05, 0.1) is 5.75 Å². The number of likely N-dealkylation sites (N-methyl/N-ethyl adjacent to an activating group) is 1. The van der Waals surface area contributed by atoms with E-state index in [1.165, 1.54) is 5.41 Å². The van der Waals surface area contributed by atoms with Gasteiger partial charge in [-0.1, -0.05) is 6.08 Å². The molecule has 5 heteroatoms. The molecule has 0 amide bonds. The van der Waals surface area contributed by atoms with Gasteiger partial charge in [0.15, 0.2) is 9.84 Å². The highest BCUT2D eigenvalue weighted by molar-refractivity contribution is 7.94. The van der Waals surface area contributed by atoms with Gasteiger partial charge in [-0.3, -0.25) is 0 Å². The van der Waals surface area contributed by atoms with E-state index in [0.29, 0.717) is 0 Å². The molecule has 0 aromatic carbocycles. The molecular formula is C8H16N2O2S. The van der Waals surface area contributed by atoms with E-state index >= 15 is 0 Å². The Bertz CT molecular complexity index is 283. The van der Waals surface area contributed by atoms with Gasteiger partial charge >= 0.3 is 0 Å². The largest absolute Gasteiger partial charge is 0.308 e. The van der Waals surface area contributed by atoms with Crippen molar-refractivity contribution in [2.24, 2.45) is 0 Å². The first-order chi connectivity index (χ1) is 5.99. The summed E-state index contributed by atoms with van der Waals surface area (Å²) >= 11 is 0. The lowest BCUT2D eigenvalue weighted by Crippen LogP contribution is -2.35. The molecule has 0 spiro atoms. The van der Waals surface area contributed by atoms with Crippen LogP contribution in [0.15, 0.2) is 11.5 Å². The smallest absolute Gasteiger partial charge is 0.173 e. The Morgan fingerprint density at radius 3 is 2.69 bits per heavy atom. The molecule has 0 aromatic heterocycles. The number of nitrogens with zero attached hydrogens (tertiary/aromatic N) is 1. The van der Waals surface area contributed by atoms with E-state index in [1.807, 2.05) is 14.1 Å². The molecule has 0 fully saturated rings. The minimum absolute atomic E-state index is 0.00458. The maximum atomic E-state index is 11.0. The summed E-state index contributed by atoms with van der Waals surface area (Å²) in [6, 6.07) is 0.00458. The Balaban J connectivity index is 2.23. The van der Waals surface area contributed by atoms with E-state index in [2.05, 4.69) is 10.2 Å². The van der Waals surface area contributed by atoms with Crippen LogP contribution in [0.1, 0.15) is 0 Å². The maximum absolute atomic E-state index is 11.0. The zero-order chi connectivity index (χ0) is 9.90. The van der Waals surface area contributed by atoms with E-state index in [0.717, 1.165) is 13.1 Å². The number of nitrogens with one attached hydrogen (secondary N) is 1. The number of rotatable bonds is 4. The van der Waals surface area contributed by atoms with E-state index in [4.69, 9.17) is 0 Å². The average molecular weight is 204 g/mol. The van der Waals surface area contributed by atoms with E-state index in [1.54, 1.807) is 6.08 Å². The van der Waals surface area contributed by atoms with Crippen LogP contribution in [0.25, 0.3) is 0 Å². The van der Waals surface area contributed by atoms with Gasteiger partial charge in [-0.2, -0.15) is 0 Å². The molecule has 0 saturated heterocycles. The summed E-state index contributed by atoms with van der Waals surface area (Å²) in [5.41, 5.74) is 0. The van der Waals surface area contributed by atoms with Gasteiger partial charge in [0.1, 0.15) is 0 Å². The molecule has 4 nitrogen and oxygen atoms in total. The molecule has 1 atom stereocenters. The summed E-state index contributed by atoms with van der Waals surface area (Å²) in [5.74, 6) is 0.209. The second kappa shape index (κ2) is 4.21. The molecule has 0 aliphatic carbocycles. The van der Waals surface area contributed by atoms with Crippen LogP contribution >= 0.6 is 0 Å². The lowest BCUT2D eigenvalue weighted by Gasteiger charge is -2.13. The highest BCUT2D eigenvalue weighted by Gasteiger charge is 2.20. The molecule has 0 saturated carbocycles. The monoisotopic (exact) mass is 204 g/mol. The molecule has 13 heavy (non-hydrogen) atoms. The Kier molecular flexibility index (Phi) is 3.47. The highest BCUT2D eigenvalue weighted by Crippen LogP contribution is 2.07. The third kappa shape index (κ3) is 3.89. The van der Waals surface area contributed by atoms with Gasteiger partial charge in [0.2, 0.25) is 0 Å². The summed E-state index contributed by atoms with van der Waals surface area (Å²) < 4.78 is 22.0. The third-order valence-corrected chi connectivity index (χ3v) is 3.29. The normalized spacial score (nSPS) is 25.6. The minimum Gasteiger partial charge on any atom is -0.308 e. The van der Waals surface area contributed by atoms with Crippen LogP contribution < -0.4 is 5.32 Å². The van der Waals surface area contributed by atoms with Crippen molar-refractivity contribution in [2.75, 3.05) is 32.9 Å². The first-order valence-corrected chi connectivity index (χ1v) is 6.00. The Morgan fingerprint density at radius 1 is 1.54 bits per heavy atom. The molecule has 1 unspecified atom stereocenters. The summed E-state index contributed by atoms with van der Waals surface area (Å²) in [7, 11) is 1.08. The van der Waals surface area contributed by atoms with Crippen molar-refractivity contribution >= 4 is 9.84 Å². The first-order valence-electron chi connectivity index (χ1n) is 4.29. The average Bonchev–Trinajstić information content (AvgIpc) is 2.29. The molecule has 0 aromatic rings. The second-order valence-electron chi connectivity index (χ2n) is 3.52. The molecule has 1 aliphatic rings. The SMILES string of the molecule is CN(C)CCNC1C=CS(=O)(=O)C1. The van der Waals surface area contributed by atoms with Crippen LogP contribution in [0.5, 0.6) is 0 Å². The first kappa shape index (κ1) is 10.7. The maximum Gasteiger partial charge on any atom is 0.173 e. The zero-order valence-corrected chi connectivity index (χ0v) is 8.84. The topological polar surface area (TPSA) is 49.4 Å². The fourth-order valence-corrected chi connectivity index (χ4v) is 2.45. The number of hydrogen-bond acceptors (Lipinski definition) is 4. The van der Waals surface area contributed by atoms with Crippen molar-refractivity contribution in [1.82, 2.24) is 10.2 Å². The standard InChI is InChI=1S/C8H16N2O2S/c1-10(2)5-4-9-8-3-6-13(11,12)7-8/h3,6,8-9H,4-5,7H2,1-2H3. The van der Waals surface area contributed by atoms with E-state index < -0.39 is 9.84 Å². The van der Waals surface area contributed by atoms with E-state index in [9.17, 15) is 8.42 Å². The molecular weight excluding hydrogens is 188 g/mol. The quantitative estimate of drug-likeness (QED) is 0.667. The lowest BCUT2D eigenvalue weighted by atomic mass is 10.3. The predicted octanol–water partition coefficient (Wildman–Crippen LogP) is -0.552.